The van der Waals surface area contributed by atoms with Gasteiger partial charge in [-0.15, -0.1) is 0 Å². The maximum absolute atomic E-state index is 10.2. The molecule has 0 amide bonds. The molecule has 0 bridgehead atoms. The van der Waals surface area contributed by atoms with Crippen molar-refractivity contribution >= 4 is 17.0 Å². The Labute approximate surface area is 206 Å². The van der Waals surface area contributed by atoms with Gasteiger partial charge in [-0.3, -0.25) is 4.90 Å². The van der Waals surface area contributed by atoms with Crippen molar-refractivity contribution in [1.82, 2.24) is 4.90 Å². The standard InChI is InChI=1S/C30H32N2O3/c33-24-8-13-28-21(18-24)4-11-29-27-12-7-25(34)19-22(27)20-32(30(28)29)23-5-9-26(10-6-23)35-17-16-31-14-2-1-3-15-31/h5-10,12-13,18-19,33-34H,1-4,11,14-17,20H2. The van der Waals surface area contributed by atoms with E-state index in [4.69, 9.17) is 4.74 Å². The normalized spacial score (nSPS) is 17.5. The molecule has 2 N–H and O–H groups in total. The smallest absolute Gasteiger partial charge is 0.119 e. The summed E-state index contributed by atoms with van der Waals surface area (Å²) in [6, 6.07) is 19.8. The van der Waals surface area contributed by atoms with Gasteiger partial charge < -0.3 is 19.8 Å². The van der Waals surface area contributed by atoms with Crippen LogP contribution < -0.4 is 9.64 Å². The summed E-state index contributed by atoms with van der Waals surface area (Å²) in [5.74, 6) is 1.50. The Morgan fingerprint density at radius 3 is 2.23 bits per heavy atom. The average Bonchev–Trinajstić information content (AvgIpc) is 2.88. The van der Waals surface area contributed by atoms with E-state index in [9.17, 15) is 10.2 Å². The van der Waals surface area contributed by atoms with Gasteiger partial charge in [0.1, 0.15) is 23.9 Å². The maximum atomic E-state index is 10.2. The molecule has 1 aliphatic carbocycles. The number of anilines is 1. The van der Waals surface area contributed by atoms with Crippen LogP contribution in [0.2, 0.25) is 0 Å². The minimum atomic E-state index is 0.298. The molecule has 0 unspecified atom stereocenters. The lowest BCUT2D eigenvalue weighted by Crippen LogP contribution is -2.33. The highest BCUT2D eigenvalue weighted by molar-refractivity contribution is 6.01. The molecule has 5 nitrogen and oxygen atoms in total. The molecule has 0 saturated carbocycles. The molecule has 6 rings (SSSR count). The fourth-order valence-electron chi connectivity index (χ4n) is 5.80. The molecular weight excluding hydrogens is 436 g/mol. The molecular formula is C30H32N2O3. The molecule has 5 heteroatoms. The second-order valence-corrected chi connectivity index (χ2v) is 9.84. The van der Waals surface area contributed by atoms with Crippen LogP contribution in [0.3, 0.4) is 0 Å². The minimum absolute atomic E-state index is 0.298. The zero-order valence-corrected chi connectivity index (χ0v) is 20.0. The predicted octanol–water partition coefficient (Wildman–Crippen LogP) is 5.80. The molecule has 0 spiro atoms. The summed E-state index contributed by atoms with van der Waals surface area (Å²) in [6.45, 7) is 4.74. The highest BCUT2D eigenvalue weighted by Gasteiger charge is 2.31. The van der Waals surface area contributed by atoms with Crippen molar-refractivity contribution in [2.24, 2.45) is 0 Å². The van der Waals surface area contributed by atoms with Crippen LogP contribution in [0.4, 0.5) is 5.69 Å². The Hall–Kier alpha value is -3.44. The van der Waals surface area contributed by atoms with E-state index >= 15 is 0 Å². The molecule has 0 aromatic heterocycles. The number of hydrogen-bond donors (Lipinski definition) is 2. The molecule has 1 saturated heterocycles. The molecule has 180 valence electrons. The molecule has 3 aliphatic rings. The number of phenolic OH excluding ortho intramolecular Hbond substituents is 2. The number of benzene rings is 3. The zero-order chi connectivity index (χ0) is 23.8. The van der Waals surface area contributed by atoms with Crippen molar-refractivity contribution in [2.75, 3.05) is 31.1 Å². The van der Waals surface area contributed by atoms with Crippen LogP contribution in [0.1, 0.15) is 47.9 Å². The van der Waals surface area contributed by atoms with Gasteiger partial charge in [0.25, 0.3) is 0 Å². The summed E-state index contributed by atoms with van der Waals surface area (Å²) in [4.78, 5) is 4.83. The summed E-state index contributed by atoms with van der Waals surface area (Å²) in [5.41, 5.74) is 8.28. The lowest BCUT2D eigenvalue weighted by molar-refractivity contribution is 0.183. The molecule has 2 aliphatic heterocycles. The van der Waals surface area contributed by atoms with Crippen molar-refractivity contribution in [2.45, 2.75) is 38.6 Å². The van der Waals surface area contributed by atoms with E-state index in [1.165, 1.54) is 60.3 Å². The van der Waals surface area contributed by atoms with E-state index in [1.807, 2.05) is 24.3 Å². The van der Waals surface area contributed by atoms with E-state index in [0.717, 1.165) is 36.4 Å². The van der Waals surface area contributed by atoms with Gasteiger partial charge in [0.05, 0.1) is 5.70 Å². The summed E-state index contributed by atoms with van der Waals surface area (Å²) in [6.07, 6.45) is 5.74. The van der Waals surface area contributed by atoms with E-state index in [-0.39, 0.29) is 0 Å². The number of allylic oxidation sites excluding steroid dienone is 1. The third-order valence-electron chi connectivity index (χ3n) is 7.56. The van der Waals surface area contributed by atoms with Crippen LogP contribution in [0.5, 0.6) is 17.2 Å². The number of piperidine rings is 1. The summed E-state index contributed by atoms with van der Waals surface area (Å²) in [5, 5.41) is 20.2. The quantitative estimate of drug-likeness (QED) is 0.496. The van der Waals surface area contributed by atoms with Crippen molar-refractivity contribution in [3.8, 4) is 17.2 Å². The maximum Gasteiger partial charge on any atom is 0.119 e. The van der Waals surface area contributed by atoms with Crippen LogP contribution in [0.15, 0.2) is 60.7 Å². The van der Waals surface area contributed by atoms with Gasteiger partial charge in [-0.2, -0.15) is 0 Å². The predicted molar refractivity (Wildman–Crippen MR) is 140 cm³/mol. The molecule has 2 heterocycles. The van der Waals surface area contributed by atoms with Gasteiger partial charge in [0.15, 0.2) is 0 Å². The van der Waals surface area contributed by atoms with Crippen LogP contribution in [0.25, 0.3) is 11.3 Å². The second kappa shape index (κ2) is 9.31. The highest BCUT2D eigenvalue weighted by Crippen LogP contribution is 2.46. The largest absolute Gasteiger partial charge is 0.508 e. The van der Waals surface area contributed by atoms with Crippen LogP contribution in [-0.4, -0.2) is 41.4 Å². The first-order chi connectivity index (χ1) is 17.2. The van der Waals surface area contributed by atoms with Gasteiger partial charge in [-0.1, -0.05) is 12.5 Å². The monoisotopic (exact) mass is 468 g/mol. The minimum Gasteiger partial charge on any atom is -0.508 e. The van der Waals surface area contributed by atoms with Gasteiger partial charge in [-0.05, 0) is 116 Å². The van der Waals surface area contributed by atoms with E-state index < -0.39 is 0 Å². The van der Waals surface area contributed by atoms with Gasteiger partial charge in [0.2, 0.25) is 0 Å². The first-order valence-corrected chi connectivity index (χ1v) is 12.8. The van der Waals surface area contributed by atoms with Gasteiger partial charge in [-0.25, -0.2) is 0 Å². The van der Waals surface area contributed by atoms with Crippen LogP contribution >= 0.6 is 0 Å². The summed E-state index contributed by atoms with van der Waals surface area (Å²) >= 11 is 0. The molecule has 0 radical (unpaired) electrons. The number of fused-ring (bicyclic) bond motifs is 4. The summed E-state index contributed by atoms with van der Waals surface area (Å²) in [7, 11) is 0. The Morgan fingerprint density at radius 2 is 1.46 bits per heavy atom. The number of hydrogen-bond acceptors (Lipinski definition) is 5. The van der Waals surface area contributed by atoms with Gasteiger partial charge in [0, 0.05) is 24.3 Å². The summed E-state index contributed by atoms with van der Waals surface area (Å²) < 4.78 is 6.07. The Balaban J connectivity index is 1.29. The van der Waals surface area contributed by atoms with Crippen molar-refractivity contribution in [3.05, 3.63) is 82.9 Å². The number of aryl methyl sites for hydroxylation is 1. The van der Waals surface area contributed by atoms with Crippen molar-refractivity contribution in [1.29, 1.82) is 0 Å². The zero-order valence-electron chi connectivity index (χ0n) is 20.0. The number of nitrogens with zero attached hydrogens (tertiary/aromatic N) is 2. The van der Waals surface area contributed by atoms with Gasteiger partial charge >= 0.3 is 0 Å². The fraction of sp³-hybridized carbons (Fsp3) is 0.333. The fourth-order valence-corrected chi connectivity index (χ4v) is 5.80. The van der Waals surface area contributed by atoms with Crippen molar-refractivity contribution < 1.29 is 14.9 Å². The lowest BCUT2D eigenvalue weighted by Gasteiger charge is -2.38. The molecule has 35 heavy (non-hydrogen) atoms. The van der Waals surface area contributed by atoms with Crippen molar-refractivity contribution in [3.63, 3.8) is 0 Å². The van der Waals surface area contributed by atoms with E-state index in [2.05, 4.69) is 34.1 Å². The highest BCUT2D eigenvalue weighted by atomic mass is 16.5. The average molecular weight is 469 g/mol. The third-order valence-corrected chi connectivity index (χ3v) is 7.56. The molecule has 3 aromatic rings. The Kier molecular flexibility index (Phi) is 5.86. The number of rotatable bonds is 5. The van der Waals surface area contributed by atoms with E-state index in [1.54, 1.807) is 12.1 Å². The number of aromatic hydroxyl groups is 2. The SMILES string of the molecule is Oc1ccc2c(c1)CN(c1ccc(OCCN3CCCCC3)cc1)C1=C2CCc2cc(O)ccc21. The third kappa shape index (κ3) is 4.37. The van der Waals surface area contributed by atoms with E-state index in [0.29, 0.717) is 24.7 Å². The van der Waals surface area contributed by atoms with Crippen LogP contribution in [0, 0.1) is 0 Å². The number of phenols is 2. The first kappa shape index (κ1) is 22.1. The molecule has 1 fully saturated rings. The second-order valence-electron chi connectivity index (χ2n) is 9.84. The number of likely N-dealkylation sites (tertiary alicyclic amines) is 1. The Morgan fingerprint density at radius 1 is 0.743 bits per heavy atom. The topological polar surface area (TPSA) is 56.2 Å². The lowest BCUT2D eigenvalue weighted by atomic mass is 9.81. The number of ether oxygens (including phenoxy) is 1. The Bertz CT molecular complexity index is 1260. The molecule has 3 aromatic carbocycles. The first-order valence-electron chi connectivity index (χ1n) is 12.8. The molecule has 0 atom stereocenters. The van der Waals surface area contributed by atoms with Crippen LogP contribution in [-0.2, 0) is 13.0 Å².